The molecule has 1 aromatic carbocycles. The van der Waals surface area contributed by atoms with E-state index >= 15 is 0 Å². The van der Waals surface area contributed by atoms with Crippen LogP contribution in [0.2, 0.25) is 0 Å². The molecule has 104 valence electrons. The third-order valence-corrected chi connectivity index (χ3v) is 3.25. The largest absolute Gasteiger partial charge is 0.480 e. The summed E-state index contributed by atoms with van der Waals surface area (Å²) in [5.41, 5.74) is 0.340. The zero-order chi connectivity index (χ0) is 13.8. The Morgan fingerprint density at radius 2 is 1.79 bits per heavy atom. The minimum atomic E-state index is -0.843. The van der Waals surface area contributed by atoms with Crippen LogP contribution < -0.4 is 0 Å². The van der Waals surface area contributed by atoms with Crippen molar-refractivity contribution in [3.8, 4) is 0 Å². The van der Waals surface area contributed by atoms with Gasteiger partial charge in [-0.2, -0.15) is 0 Å². The van der Waals surface area contributed by atoms with Gasteiger partial charge in [-0.15, -0.1) is 0 Å². The van der Waals surface area contributed by atoms with Crippen LogP contribution in [0.3, 0.4) is 0 Å². The summed E-state index contributed by atoms with van der Waals surface area (Å²) in [6.45, 7) is 2.95. The first-order valence-corrected chi connectivity index (χ1v) is 6.15. The number of carbonyl (C=O) groups is 1. The van der Waals surface area contributed by atoms with Gasteiger partial charge in [-0.05, 0) is 6.07 Å². The van der Waals surface area contributed by atoms with Crippen LogP contribution in [-0.2, 0) is 11.3 Å². The van der Waals surface area contributed by atoms with Crippen molar-refractivity contribution in [1.29, 1.82) is 0 Å². The maximum Gasteiger partial charge on any atom is 0.317 e. The predicted molar refractivity (Wildman–Crippen MR) is 65.7 cm³/mol. The van der Waals surface area contributed by atoms with Gasteiger partial charge in [0.15, 0.2) is 11.6 Å². The molecule has 0 atom stereocenters. The summed E-state index contributed by atoms with van der Waals surface area (Å²) < 4.78 is 26.6. The summed E-state index contributed by atoms with van der Waals surface area (Å²) >= 11 is 0. The zero-order valence-corrected chi connectivity index (χ0v) is 10.5. The Morgan fingerprint density at radius 3 is 2.42 bits per heavy atom. The molecule has 0 unspecified atom stereocenters. The second kappa shape index (κ2) is 6.08. The first kappa shape index (κ1) is 13.9. The molecule has 0 radical (unpaired) electrons. The fraction of sp³-hybridized carbons (Fsp3) is 0.462. The first-order valence-electron chi connectivity index (χ1n) is 6.15. The van der Waals surface area contributed by atoms with Gasteiger partial charge in [-0.3, -0.25) is 14.6 Å². The number of rotatable bonds is 4. The minimum Gasteiger partial charge on any atom is -0.480 e. The van der Waals surface area contributed by atoms with E-state index in [4.69, 9.17) is 5.11 Å². The Kier molecular flexibility index (Phi) is 4.44. The van der Waals surface area contributed by atoms with Crippen molar-refractivity contribution >= 4 is 5.97 Å². The van der Waals surface area contributed by atoms with E-state index in [-0.39, 0.29) is 6.54 Å². The average Bonchev–Trinajstić information content (AvgIpc) is 2.37. The van der Waals surface area contributed by atoms with Gasteiger partial charge in [0.25, 0.3) is 0 Å². The van der Waals surface area contributed by atoms with Gasteiger partial charge in [0.2, 0.25) is 0 Å². The second-order valence-electron chi connectivity index (χ2n) is 4.66. The van der Waals surface area contributed by atoms with Crippen molar-refractivity contribution in [2.75, 3.05) is 32.7 Å². The number of benzene rings is 1. The van der Waals surface area contributed by atoms with Gasteiger partial charge in [-0.1, -0.05) is 12.1 Å². The Balaban J connectivity index is 1.89. The SMILES string of the molecule is O=C(O)CN1CCN(Cc2cccc(F)c2F)CC1. The third-order valence-electron chi connectivity index (χ3n) is 3.25. The van der Waals surface area contributed by atoms with E-state index in [9.17, 15) is 13.6 Å². The van der Waals surface area contributed by atoms with E-state index in [1.54, 1.807) is 6.07 Å². The van der Waals surface area contributed by atoms with Crippen molar-refractivity contribution in [2.45, 2.75) is 6.54 Å². The second-order valence-corrected chi connectivity index (χ2v) is 4.66. The van der Waals surface area contributed by atoms with Gasteiger partial charge in [0.05, 0.1) is 6.54 Å². The molecule has 1 heterocycles. The molecule has 0 aromatic heterocycles. The molecule has 4 nitrogen and oxygen atoms in total. The molecule has 0 spiro atoms. The van der Waals surface area contributed by atoms with Crippen molar-refractivity contribution in [3.63, 3.8) is 0 Å². The lowest BCUT2D eigenvalue weighted by molar-refractivity contribution is -0.138. The highest BCUT2D eigenvalue weighted by molar-refractivity contribution is 5.69. The number of piperazine rings is 1. The Hall–Kier alpha value is -1.53. The van der Waals surface area contributed by atoms with E-state index in [2.05, 4.69) is 0 Å². The molecule has 0 saturated carbocycles. The lowest BCUT2D eigenvalue weighted by Gasteiger charge is -2.33. The highest BCUT2D eigenvalue weighted by Gasteiger charge is 2.20. The summed E-state index contributed by atoms with van der Waals surface area (Å²) in [5, 5.41) is 8.69. The molecule has 0 amide bonds. The molecule has 1 N–H and O–H groups in total. The van der Waals surface area contributed by atoms with Crippen LogP contribution in [-0.4, -0.2) is 53.6 Å². The van der Waals surface area contributed by atoms with Crippen molar-refractivity contribution in [1.82, 2.24) is 9.80 Å². The molecule has 1 saturated heterocycles. The Bertz CT molecular complexity index is 460. The third kappa shape index (κ3) is 3.71. The summed E-state index contributed by atoms with van der Waals surface area (Å²) in [7, 11) is 0. The topological polar surface area (TPSA) is 43.8 Å². The van der Waals surface area contributed by atoms with E-state index in [1.807, 2.05) is 9.80 Å². The zero-order valence-electron chi connectivity index (χ0n) is 10.5. The molecule has 19 heavy (non-hydrogen) atoms. The molecule has 1 aliphatic rings. The van der Waals surface area contributed by atoms with E-state index in [1.165, 1.54) is 6.07 Å². The maximum absolute atomic E-state index is 13.5. The monoisotopic (exact) mass is 270 g/mol. The molecular weight excluding hydrogens is 254 g/mol. The van der Waals surface area contributed by atoms with Gasteiger partial charge in [-0.25, -0.2) is 8.78 Å². The van der Waals surface area contributed by atoms with Crippen LogP contribution in [0.4, 0.5) is 8.78 Å². The molecule has 6 heteroatoms. The van der Waals surface area contributed by atoms with Gasteiger partial charge in [0, 0.05) is 38.3 Å². The molecule has 1 aliphatic heterocycles. The normalized spacial score (nSPS) is 17.6. The van der Waals surface area contributed by atoms with Crippen LogP contribution in [0.5, 0.6) is 0 Å². The van der Waals surface area contributed by atoms with Gasteiger partial charge >= 0.3 is 5.97 Å². The summed E-state index contributed by atoms with van der Waals surface area (Å²) in [5.74, 6) is -2.47. The fourth-order valence-corrected chi connectivity index (χ4v) is 2.21. The van der Waals surface area contributed by atoms with E-state index in [0.29, 0.717) is 38.3 Å². The molecule has 0 bridgehead atoms. The lowest BCUT2D eigenvalue weighted by Crippen LogP contribution is -2.47. The standard InChI is InChI=1S/C13H16F2N2O2/c14-11-3-1-2-10(13(11)15)8-16-4-6-17(7-5-16)9-12(18)19/h1-3H,4-9H2,(H,18,19). The van der Waals surface area contributed by atoms with Crippen molar-refractivity contribution in [2.24, 2.45) is 0 Å². The predicted octanol–water partition coefficient (Wildman–Crippen LogP) is 1.17. The number of aliphatic carboxylic acids is 1. The van der Waals surface area contributed by atoms with Gasteiger partial charge < -0.3 is 5.11 Å². The highest BCUT2D eigenvalue weighted by atomic mass is 19.2. The number of carboxylic acids is 1. The van der Waals surface area contributed by atoms with Crippen LogP contribution in [0, 0.1) is 11.6 Å². The molecule has 1 fully saturated rings. The fourth-order valence-electron chi connectivity index (χ4n) is 2.21. The number of hydrogen-bond acceptors (Lipinski definition) is 3. The average molecular weight is 270 g/mol. The van der Waals surface area contributed by atoms with Crippen LogP contribution in [0.15, 0.2) is 18.2 Å². The van der Waals surface area contributed by atoms with Crippen LogP contribution in [0.1, 0.15) is 5.56 Å². The summed E-state index contributed by atoms with van der Waals surface area (Å²) in [4.78, 5) is 14.4. The number of hydrogen-bond donors (Lipinski definition) is 1. The quantitative estimate of drug-likeness (QED) is 0.892. The molecular formula is C13H16F2N2O2. The Labute approximate surface area is 110 Å². The summed E-state index contributed by atoms with van der Waals surface area (Å²) in [6, 6.07) is 4.17. The molecule has 2 rings (SSSR count). The molecule has 1 aromatic rings. The minimum absolute atomic E-state index is 0.0299. The Morgan fingerprint density at radius 1 is 1.16 bits per heavy atom. The van der Waals surface area contributed by atoms with Crippen molar-refractivity contribution in [3.05, 3.63) is 35.4 Å². The maximum atomic E-state index is 13.5. The highest BCUT2D eigenvalue weighted by Crippen LogP contribution is 2.14. The lowest BCUT2D eigenvalue weighted by atomic mass is 10.1. The van der Waals surface area contributed by atoms with Crippen molar-refractivity contribution < 1.29 is 18.7 Å². The summed E-state index contributed by atoms with van der Waals surface area (Å²) in [6.07, 6.45) is 0. The van der Waals surface area contributed by atoms with Gasteiger partial charge in [0.1, 0.15) is 0 Å². The van der Waals surface area contributed by atoms with E-state index < -0.39 is 17.6 Å². The number of nitrogens with zero attached hydrogens (tertiary/aromatic N) is 2. The van der Waals surface area contributed by atoms with E-state index in [0.717, 1.165) is 6.07 Å². The number of carboxylic acid groups (broad SMARTS) is 1. The first-order chi connectivity index (χ1) is 9.06. The number of halogens is 2. The smallest absolute Gasteiger partial charge is 0.317 e. The molecule has 0 aliphatic carbocycles. The van der Waals surface area contributed by atoms with Crippen LogP contribution in [0.25, 0.3) is 0 Å². The van der Waals surface area contributed by atoms with Crippen LogP contribution >= 0.6 is 0 Å².